The molecule has 0 heterocycles. The number of nitriles is 1. The van der Waals surface area contributed by atoms with Gasteiger partial charge in [-0.3, -0.25) is 4.99 Å². The van der Waals surface area contributed by atoms with Gasteiger partial charge in [-0.15, -0.1) is 0 Å². The summed E-state index contributed by atoms with van der Waals surface area (Å²) in [5.74, 6) is -1.94. The van der Waals surface area contributed by atoms with Crippen LogP contribution in [0.3, 0.4) is 0 Å². The molecule has 0 aromatic heterocycles. The summed E-state index contributed by atoms with van der Waals surface area (Å²) < 4.78 is 40.2. The normalized spacial score (nSPS) is 12.4. The van der Waals surface area contributed by atoms with Gasteiger partial charge in [0.1, 0.15) is 5.82 Å². The fourth-order valence-corrected chi connectivity index (χ4v) is 2.20. The Kier molecular flexibility index (Phi) is 6.01. The Morgan fingerprint density at radius 1 is 1.12 bits per heavy atom. The van der Waals surface area contributed by atoms with Gasteiger partial charge in [-0.05, 0) is 36.8 Å². The molecule has 2 aromatic rings. The van der Waals surface area contributed by atoms with Crippen LogP contribution in [0.1, 0.15) is 29.7 Å². The van der Waals surface area contributed by atoms with E-state index in [1.807, 2.05) is 6.07 Å². The predicted molar refractivity (Wildman–Crippen MR) is 89.2 cm³/mol. The van der Waals surface area contributed by atoms with Crippen molar-refractivity contribution in [2.45, 2.75) is 19.5 Å². The van der Waals surface area contributed by atoms with Gasteiger partial charge in [-0.1, -0.05) is 12.1 Å². The maximum Gasteiger partial charge on any atom is 0.191 e. The molecule has 0 aliphatic carbocycles. The molecule has 0 bridgehead atoms. The van der Waals surface area contributed by atoms with E-state index < -0.39 is 17.5 Å². The third-order valence-electron chi connectivity index (χ3n) is 3.65. The minimum absolute atomic E-state index is 0.154. The highest BCUT2D eigenvalue weighted by atomic mass is 19.2. The number of benzene rings is 2. The number of aliphatic imine (C=N–C) groups is 1. The van der Waals surface area contributed by atoms with Gasteiger partial charge in [0.25, 0.3) is 0 Å². The molecule has 0 amide bonds. The molecule has 0 aliphatic heterocycles. The molecule has 1 unspecified atom stereocenters. The molecule has 0 radical (unpaired) electrons. The molecule has 0 aliphatic rings. The summed E-state index contributed by atoms with van der Waals surface area (Å²) in [7, 11) is 1.54. The monoisotopic (exact) mass is 346 g/mol. The number of hydrogen-bond acceptors (Lipinski definition) is 2. The Balaban J connectivity index is 2.01. The summed E-state index contributed by atoms with van der Waals surface area (Å²) in [4.78, 5) is 4.02. The van der Waals surface area contributed by atoms with E-state index >= 15 is 0 Å². The second-order valence-corrected chi connectivity index (χ2v) is 5.38. The van der Waals surface area contributed by atoms with Crippen molar-refractivity contribution in [3.63, 3.8) is 0 Å². The fraction of sp³-hybridized carbons (Fsp3) is 0.222. The van der Waals surface area contributed by atoms with Crippen molar-refractivity contribution in [2.75, 3.05) is 7.05 Å². The van der Waals surface area contributed by atoms with Crippen molar-refractivity contribution >= 4 is 5.96 Å². The van der Waals surface area contributed by atoms with Gasteiger partial charge in [0.15, 0.2) is 17.6 Å². The first-order valence-electron chi connectivity index (χ1n) is 7.55. The number of guanidine groups is 1. The van der Waals surface area contributed by atoms with E-state index in [0.29, 0.717) is 17.1 Å². The Labute approximate surface area is 144 Å². The van der Waals surface area contributed by atoms with Crippen molar-refractivity contribution in [1.82, 2.24) is 10.6 Å². The van der Waals surface area contributed by atoms with Crippen molar-refractivity contribution in [3.05, 3.63) is 70.5 Å². The number of hydrogen-bond donors (Lipinski definition) is 2. The molecule has 0 saturated heterocycles. The molecule has 130 valence electrons. The largest absolute Gasteiger partial charge is 0.352 e. The summed E-state index contributed by atoms with van der Waals surface area (Å²) in [5.41, 5.74) is 1.17. The van der Waals surface area contributed by atoms with E-state index in [1.165, 1.54) is 18.2 Å². The van der Waals surface area contributed by atoms with Crippen LogP contribution in [-0.2, 0) is 6.54 Å². The van der Waals surface area contributed by atoms with Crippen molar-refractivity contribution in [3.8, 4) is 6.07 Å². The highest BCUT2D eigenvalue weighted by Crippen LogP contribution is 2.16. The molecule has 2 rings (SSSR count). The molecule has 7 heteroatoms. The summed E-state index contributed by atoms with van der Waals surface area (Å²) in [6.45, 7) is 1.92. The Morgan fingerprint density at radius 2 is 1.88 bits per heavy atom. The van der Waals surface area contributed by atoms with Crippen LogP contribution in [0.15, 0.2) is 41.4 Å². The minimum Gasteiger partial charge on any atom is -0.352 e. The third kappa shape index (κ3) is 4.73. The van der Waals surface area contributed by atoms with E-state index in [2.05, 4.69) is 15.6 Å². The predicted octanol–water partition coefficient (Wildman–Crippen LogP) is 3.40. The van der Waals surface area contributed by atoms with Gasteiger partial charge < -0.3 is 10.6 Å². The lowest BCUT2D eigenvalue weighted by molar-refractivity contribution is 0.504. The molecular formula is C18H17F3N4. The summed E-state index contributed by atoms with van der Waals surface area (Å²) >= 11 is 0. The van der Waals surface area contributed by atoms with Crippen LogP contribution in [0.2, 0.25) is 0 Å². The summed E-state index contributed by atoms with van der Waals surface area (Å²) in [5, 5.41) is 14.7. The maximum absolute atomic E-state index is 13.9. The standard InChI is InChI=1S/C18H17F3N4/c1-11(13-5-6-15(19)17(21)8-13)25-18(23-2)24-10-14-4-3-12(9-22)7-16(14)20/h3-8,11H,10H2,1-2H3,(H2,23,24,25). The Morgan fingerprint density at radius 3 is 2.48 bits per heavy atom. The highest BCUT2D eigenvalue weighted by Gasteiger charge is 2.11. The number of nitrogens with one attached hydrogen (secondary N) is 2. The highest BCUT2D eigenvalue weighted by molar-refractivity contribution is 5.80. The summed E-state index contributed by atoms with van der Waals surface area (Å²) in [6.07, 6.45) is 0. The van der Waals surface area contributed by atoms with Crippen LogP contribution < -0.4 is 10.6 Å². The first-order chi connectivity index (χ1) is 11.9. The zero-order chi connectivity index (χ0) is 18.4. The van der Waals surface area contributed by atoms with Crippen molar-refractivity contribution in [1.29, 1.82) is 5.26 Å². The smallest absolute Gasteiger partial charge is 0.191 e. The van der Waals surface area contributed by atoms with Crippen LogP contribution >= 0.6 is 0 Å². The second kappa shape index (κ2) is 8.20. The second-order valence-electron chi connectivity index (χ2n) is 5.38. The lowest BCUT2D eigenvalue weighted by Crippen LogP contribution is -2.38. The van der Waals surface area contributed by atoms with Crippen LogP contribution in [0.25, 0.3) is 0 Å². The molecule has 2 aromatic carbocycles. The number of nitrogens with zero attached hydrogens (tertiary/aromatic N) is 2. The fourth-order valence-electron chi connectivity index (χ4n) is 2.20. The molecule has 0 spiro atoms. The molecule has 1 atom stereocenters. The average Bonchev–Trinajstić information content (AvgIpc) is 2.61. The molecule has 4 nitrogen and oxygen atoms in total. The first kappa shape index (κ1) is 18.3. The zero-order valence-corrected chi connectivity index (χ0v) is 13.8. The van der Waals surface area contributed by atoms with E-state index in [9.17, 15) is 13.2 Å². The molecule has 0 saturated carbocycles. The van der Waals surface area contributed by atoms with E-state index in [1.54, 1.807) is 14.0 Å². The topological polar surface area (TPSA) is 60.2 Å². The van der Waals surface area contributed by atoms with Crippen LogP contribution in [0.4, 0.5) is 13.2 Å². The van der Waals surface area contributed by atoms with Crippen molar-refractivity contribution < 1.29 is 13.2 Å². The lowest BCUT2D eigenvalue weighted by Gasteiger charge is -2.18. The van der Waals surface area contributed by atoms with Crippen molar-refractivity contribution in [2.24, 2.45) is 4.99 Å². The van der Waals surface area contributed by atoms with Gasteiger partial charge in [-0.2, -0.15) is 5.26 Å². The SMILES string of the molecule is CN=C(NCc1ccc(C#N)cc1F)NC(C)c1ccc(F)c(F)c1. The van der Waals surface area contributed by atoms with Crippen LogP contribution in [-0.4, -0.2) is 13.0 Å². The quantitative estimate of drug-likeness (QED) is 0.659. The van der Waals surface area contributed by atoms with E-state index in [-0.39, 0.29) is 18.2 Å². The van der Waals surface area contributed by atoms with Gasteiger partial charge in [0.2, 0.25) is 0 Å². The minimum atomic E-state index is -0.922. The van der Waals surface area contributed by atoms with Gasteiger partial charge >= 0.3 is 0 Å². The molecule has 0 fully saturated rings. The van der Waals surface area contributed by atoms with Gasteiger partial charge in [0.05, 0.1) is 17.7 Å². The third-order valence-corrected chi connectivity index (χ3v) is 3.65. The van der Waals surface area contributed by atoms with Gasteiger partial charge in [0, 0.05) is 19.2 Å². The number of rotatable bonds is 4. The zero-order valence-electron chi connectivity index (χ0n) is 13.8. The Bertz CT molecular complexity index is 828. The Hall–Kier alpha value is -3.01. The molecular weight excluding hydrogens is 329 g/mol. The molecule has 25 heavy (non-hydrogen) atoms. The number of halogens is 3. The maximum atomic E-state index is 13.9. The molecule has 2 N–H and O–H groups in total. The first-order valence-corrected chi connectivity index (χ1v) is 7.55. The van der Waals surface area contributed by atoms with E-state index in [4.69, 9.17) is 5.26 Å². The van der Waals surface area contributed by atoms with E-state index in [0.717, 1.165) is 18.2 Å². The van der Waals surface area contributed by atoms with Crippen LogP contribution in [0.5, 0.6) is 0 Å². The average molecular weight is 346 g/mol. The van der Waals surface area contributed by atoms with Crippen LogP contribution in [0, 0.1) is 28.8 Å². The summed E-state index contributed by atoms with van der Waals surface area (Å²) in [6, 6.07) is 9.39. The van der Waals surface area contributed by atoms with Gasteiger partial charge in [-0.25, -0.2) is 13.2 Å². The lowest BCUT2D eigenvalue weighted by atomic mass is 10.1.